The van der Waals surface area contributed by atoms with Gasteiger partial charge in [-0.05, 0) is 24.1 Å². The Morgan fingerprint density at radius 3 is 3.00 bits per heavy atom. The lowest BCUT2D eigenvalue weighted by atomic mass is 10.1. The van der Waals surface area contributed by atoms with E-state index in [1.165, 1.54) is 0 Å². The van der Waals surface area contributed by atoms with Crippen molar-refractivity contribution in [3.8, 4) is 11.5 Å². The summed E-state index contributed by atoms with van der Waals surface area (Å²) in [7, 11) is 0. The zero-order valence-electron chi connectivity index (χ0n) is 13.1. The van der Waals surface area contributed by atoms with Crippen molar-refractivity contribution >= 4 is 17.2 Å². The van der Waals surface area contributed by atoms with E-state index in [0.717, 1.165) is 28.5 Å². The number of rotatable bonds is 5. The highest BCUT2D eigenvalue weighted by Gasteiger charge is 2.29. The molecular formula is C17H18N2O4S. The average Bonchev–Trinajstić information content (AvgIpc) is 3.34. The molecule has 1 fully saturated rings. The van der Waals surface area contributed by atoms with E-state index in [2.05, 4.69) is 4.98 Å². The summed E-state index contributed by atoms with van der Waals surface area (Å²) in [5.74, 6) is 1.55. The van der Waals surface area contributed by atoms with Crippen molar-refractivity contribution in [1.82, 2.24) is 9.88 Å². The molecule has 2 aliphatic heterocycles. The first kappa shape index (κ1) is 15.4. The van der Waals surface area contributed by atoms with Crippen LogP contribution in [0.5, 0.6) is 11.5 Å². The van der Waals surface area contributed by atoms with Gasteiger partial charge in [0.1, 0.15) is 5.01 Å². The Hall–Kier alpha value is -2.12. The highest BCUT2D eigenvalue weighted by atomic mass is 32.1. The van der Waals surface area contributed by atoms with E-state index < -0.39 is 0 Å². The molecule has 24 heavy (non-hydrogen) atoms. The standard InChI is InChI=1S/C17H18N2O4S/c20-17(13-3-5-21-10-13)19(9-16-18-4-6-24-16)8-12-1-2-14-15(7-12)23-11-22-14/h1-2,4,6-7,13H,3,5,8-11H2/t13-/m0/s1. The topological polar surface area (TPSA) is 60.9 Å². The number of hydrogen-bond donors (Lipinski definition) is 0. The second-order valence-corrected chi connectivity index (χ2v) is 6.85. The van der Waals surface area contributed by atoms with Crippen molar-refractivity contribution in [2.24, 2.45) is 5.92 Å². The second kappa shape index (κ2) is 6.78. The minimum absolute atomic E-state index is 0.0565. The summed E-state index contributed by atoms with van der Waals surface area (Å²) in [5.41, 5.74) is 1.02. The molecular weight excluding hydrogens is 328 g/mol. The first-order chi connectivity index (χ1) is 11.8. The summed E-state index contributed by atoms with van der Waals surface area (Å²) < 4.78 is 16.2. The Morgan fingerprint density at radius 1 is 1.29 bits per heavy atom. The molecule has 7 heteroatoms. The molecule has 0 bridgehead atoms. The lowest BCUT2D eigenvalue weighted by Gasteiger charge is -2.24. The number of carbonyl (C=O) groups excluding carboxylic acids is 1. The Bertz CT molecular complexity index is 713. The zero-order valence-corrected chi connectivity index (χ0v) is 14.0. The summed E-state index contributed by atoms with van der Waals surface area (Å²) in [5, 5.41) is 2.86. The second-order valence-electron chi connectivity index (χ2n) is 5.87. The summed E-state index contributed by atoms with van der Waals surface area (Å²) in [4.78, 5) is 19.0. The molecule has 0 saturated carbocycles. The van der Waals surface area contributed by atoms with Crippen LogP contribution in [-0.2, 0) is 22.6 Å². The van der Waals surface area contributed by atoms with E-state index in [0.29, 0.717) is 26.3 Å². The van der Waals surface area contributed by atoms with Crippen molar-refractivity contribution < 1.29 is 19.0 Å². The lowest BCUT2D eigenvalue weighted by Crippen LogP contribution is -2.35. The molecule has 6 nitrogen and oxygen atoms in total. The van der Waals surface area contributed by atoms with E-state index in [1.54, 1.807) is 17.5 Å². The number of benzene rings is 1. The summed E-state index contributed by atoms with van der Waals surface area (Å²) in [6.07, 6.45) is 2.55. The van der Waals surface area contributed by atoms with E-state index in [1.807, 2.05) is 28.5 Å². The molecule has 1 atom stereocenters. The van der Waals surface area contributed by atoms with Gasteiger partial charge in [-0.25, -0.2) is 4.98 Å². The summed E-state index contributed by atoms with van der Waals surface area (Å²) in [6.45, 7) is 2.45. The van der Waals surface area contributed by atoms with Crippen molar-refractivity contribution in [3.63, 3.8) is 0 Å². The molecule has 2 aromatic rings. The molecule has 0 aliphatic carbocycles. The maximum atomic E-state index is 12.9. The predicted octanol–water partition coefficient (Wildman–Crippen LogP) is 2.44. The van der Waals surface area contributed by atoms with Gasteiger partial charge in [0, 0.05) is 24.7 Å². The van der Waals surface area contributed by atoms with Gasteiger partial charge < -0.3 is 19.1 Å². The van der Waals surface area contributed by atoms with Crippen molar-refractivity contribution in [2.75, 3.05) is 20.0 Å². The molecule has 1 aromatic carbocycles. The Morgan fingerprint density at radius 2 is 2.21 bits per heavy atom. The summed E-state index contributed by atoms with van der Waals surface area (Å²) in [6, 6.07) is 5.80. The van der Waals surface area contributed by atoms with Crippen molar-refractivity contribution in [3.05, 3.63) is 40.3 Å². The molecule has 0 unspecified atom stereocenters. The highest BCUT2D eigenvalue weighted by Crippen LogP contribution is 2.33. The van der Waals surface area contributed by atoms with Crippen LogP contribution in [-0.4, -0.2) is 35.8 Å². The van der Waals surface area contributed by atoms with E-state index in [9.17, 15) is 4.79 Å². The van der Waals surface area contributed by atoms with Gasteiger partial charge in [-0.2, -0.15) is 0 Å². The molecule has 0 N–H and O–H groups in total. The first-order valence-corrected chi connectivity index (χ1v) is 8.81. The monoisotopic (exact) mass is 346 g/mol. The van der Waals surface area contributed by atoms with Crippen LogP contribution in [0.2, 0.25) is 0 Å². The van der Waals surface area contributed by atoms with Crippen molar-refractivity contribution in [2.45, 2.75) is 19.5 Å². The molecule has 126 valence electrons. The fourth-order valence-corrected chi connectivity index (χ4v) is 3.58. The van der Waals surface area contributed by atoms with Gasteiger partial charge >= 0.3 is 0 Å². The number of nitrogens with zero attached hydrogens (tertiary/aromatic N) is 2. The van der Waals surface area contributed by atoms with Crippen LogP contribution >= 0.6 is 11.3 Å². The Kier molecular flexibility index (Phi) is 4.36. The maximum Gasteiger partial charge on any atom is 0.231 e. The van der Waals surface area contributed by atoms with Gasteiger partial charge in [-0.15, -0.1) is 11.3 Å². The van der Waals surface area contributed by atoms with Crippen LogP contribution in [0.1, 0.15) is 17.0 Å². The molecule has 2 aliphatic rings. The number of ether oxygens (including phenoxy) is 3. The molecule has 1 amide bonds. The van der Waals surface area contributed by atoms with Crippen molar-refractivity contribution in [1.29, 1.82) is 0 Å². The molecule has 1 saturated heterocycles. The third kappa shape index (κ3) is 3.22. The number of fused-ring (bicyclic) bond motifs is 1. The SMILES string of the molecule is O=C([C@H]1CCOC1)N(Cc1ccc2c(c1)OCO2)Cc1nccs1. The third-order valence-electron chi connectivity index (χ3n) is 4.21. The Labute approximate surface area is 144 Å². The van der Waals surface area contributed by atoms with Crippen LogP contribution in [0.3, 0.4) is 0 Å². The predicted molar refractivity (Wildman–Crippen MR) is 87.9 cm³/mol. The van der Waals surface area contributed by atoms with Crippen LogP contribution in [0.25, 0.3) is 0 Å². The number of aromatic nitrogens is 1. The van der Waals surface area contributed by atoms with Gasteiger partial charge in [-0.1, -0.05) is 6.07 Å². The van der Waals surface area contributed by atoms with Gasteiger partial charge in [-0.3, -0.25) is 4.79 Å². The molecule has 0 radical (unpaired) electrons. The fourth-order valence-electron chi connectivity index (χ4n) is 2.95. The minimum Gasteiger partial charge on any atom is -0.454 e. The third-order valence-corrected chi connectivity index (χ3v) is 4.97. The maximum absolute atomic E-state index is 12.9. The van der Waals surface area contributed by atoms with Crippen LogP contribution in [0, 0.1) is 5.92 Å². The summed E-state index contributed by atoms with van der Waals surface area (Å²) >= 11 is 1.56. The van der Waals surface area contributed by atoms with Crippen LogP contribution < -0.4 is 9.47 Å². The molecule has 1 aromatic heterocycles. The normalized spacial score (nSPS) is 18.8. The quantitative estimate of drug-likeness (QED) is 0.832. The molecule has 4 rings (SSSR count). The van der Waals surface area contributed by atoms with Crippen LogP contribution in [0.15, 0.2) is 29.8 Å². The zero-order chi connectivity index (χ0) is 16.4. The molecule has 3 heterocycles. The van der Waals surface area contributed by atoms with E-state index in [4.69, 9.17) is 14.2 Å². The Balaban J connectivity index is 1.53. The largest absolute Gasteiger partial charge is 0.454 e. The van der Waals surface area contributed by atoms with Crippen LogP contribution in [0.4, 0.5) is 0 Å². The number of carbonyl (C=O) groups is 1. The number of thiazole rings is 1. The lowest BCUT2D eigenvalue weighted by molar-refractivity contribution is -0.136. The number of amides is 1. The molecule has 0 spiro atoms. The fraction of sp³-hybridized carbons (Fsp3) is 0.412. The number of hydrogen-bond acceptors (Lipinski definition) is 6. The average molecular weight is 346 g/mol. The highest BCUT2D eigenvalue weighted by molar-refractivity contribution is 7.09. The smallest absolute Gasteiger partial charge is 0.231 e. The minimum atomic E-state index is -0.0565. The van der Waals surface area contributed by atoms with Gasteiger partial charge in [0.15, 0.2) is 11.5 Å². The van der Waals surface area contributed by atoms with Gasteiger partial charge in [0.05, 0.1) is 19.1 Å². The van der Waals surface area contributed by atoms with Gasteiger partial charge in [0.2, 0.25) is 12.7 Å². The first-order valence-electron chi connectivity index (χ1n) is 7.93. The van der Waals surface area contributed by atoms with E-state index in [-0.39, 0.29) is 18.6 Å². The van der Waals surface area contributed by atoms with Gasteiger partial charge in [0.25, 0.3) is 0 Å². The van der Waals surface area contributed by atoms with E-state index >= 15 is 0 Å².